The van der Waals surface area contributed by atoms with Gasteiger partial charge in [0.05, 0.1) is 19.3 Å². The van der Waals surface area contributed by atoms with Gasteiger partial charge in [-0.3, -0.25) is 15.0 Å². The van der Waals surface area contributed by atoms with Gasteiger partial charge in [-0.05, 0) is 27.7 Å². The van der Waals surface area contributed by atoms with Crippen LogP contribution >= 0.6 is 0 Å². The van der Waals surface area contributed by atoms with Gasteiger partial charge < -0.3 is 25.6 Å². The summed E-state index contributed by atoms with van der Waals surface area (Å²) in [6.07, 6.45) is -1.17. The predicted molar refractivity (Wildman–Crippen MR) is 171 cm³/mol. The largest absolute Gasteiger partial charge is 0.453 e. The van der Waals surface area contributed by atoms with Crippen molar-refractivity contribution in [2.24, 2.45) is 5.41 Å². The maximum absolute atomic E-state index is 13.9. The number of rotatable bonds is 12. The fourth-order valence-electron chi connectivity index (χ4n) is 5.61. The number of ether oxygens (including phenoxy) is 1. The molecule has 0 aromatic heterocycles. The molecule has 45 heavy (non-hydrogen) atoms. The van der Waals surface area contributed by atoms with Crippen LogP contribution in [-0.4, -0.2) is 64.5 Å². The third kappa shape index (κ3) is 8.91. The number of aliphatic hydroxyl groups is 2. The summed E-state index contributed by atoms with van der Waals surface area (Å²) in [5.74, 6) is -1.08. The first-order chi connectivity index (χ1) is 21.4. The molecule has 10 nitrogen and oxygen atoms in total. The lowest BCUT2D eigenvalue weighted by Crippen LogP contribution is -2.58. The normalized spacial score (nSPS) is 17.9. The van der Waals surface area contributed by atoms with Gasteiger partial charge in [-0.2, -0.15) is 0 Å². The maximum Gasteiger partial charge on any atom is 0.407 e. The SMILES string of the molecule is COC(=O)N[C@H](C(=O)NN(CC[C@@](O)(Cc1ccccc1)C(=O)N[C@H]1c2ccccc2C[C@H]1O)Cc1ccccc1)C(C)(C)C. The number of hydrogen-bond acceptors (Lipinski definition) is 7. The minimum atomic E-state index is -1.88. The van der Waals surface area contributed by atoms with Crippen LogP contribution in [0.25, 0.3) is 0 Å². The van der Waals surface area contributed by atoms with E-state index in [1.807, 2.05) is 106 Å². The van der Waals surface area contributed by atoms with E-state index in [1.165, 1.54) is 7.11 Å². The van der Waals surface area contributed by atoms with Crippen molar-refractivity contribution in [2.75, 3.05) is 13.7 Å². The standard InChI is InChI=1S/C35H44N4O6/c1-34(2,3)30(37-33(43)45-4)31(41)38-39(23-25-15-9-6-10-16-25)20-19-35(44,22-24-13-7-5-8-14-24)32(42)36-29-27-18-12-11-17-26(27)21-28(29)40/h5-18,28-30,40,44H,19-23H2,1-4H3,(H,36,42)(H,37,43)(H,38,41)/t28-,29+,30-,35-/m1/s1. The summed E-state index contributed by atoms with van der Waals surface area (Å²) in [6, 6.07) is 24.7. The number of fused-ring (bicyclic) bond motifs is 1. The third-order valence-electron chi connectivity index (χ3n) is 8.11. The van der Waals surface area contributed by atoms with Crippen LogP contribution in [0, 0.1) is 5.41 Å². The first-order valence-electron chi connectivity index (χ1n) is 15.2. The summed E-state index contributed by atoms with van der Waals surface area (Å²) in [4.78, 5) is 39.6. The topological polar surface area (TPSA) is 140 Å². The van der Waals surface area contributed by atoms with E-state index in [-0.39, 0.29) is 25.9 Å². The van der Waals surface area contributed by atoms with E-state index < -0.39 is 47.1 Å². The Labute approximate surface area is 264 Å². The maximum atomic E-state index is 13.9. The second-order valence-electron chi connectivity index (χ2n) is 12.7. The van der Waals surface area contributed by atoms with Gasteiger partial charge in [0.2, 0.25) is 0 Å². The summed E-state index contributed by atoms with van der Waals surface area (Å²) in [6.45, 7) is 5.85. The summed E-state index contributed by atoms with van der Waals surface area (Å²) >= 11 is 0. The van der Waals surface area contributed by atoms with E-state index in [9.17, 15) is 24.6 Å². The van der Waals surface area contributed by atoms with Crippen LogP contribution in [-0.2, 0) is 33.7 Å². The second kappa shape index (κ2) is 14.7. The zero-order valence-corrected chi connectivity index (χ0v) is 26.3. The smallest absolute Gasteiger partial charge is 0.407 e. The minimum absolute atomic E-state index is 0.0196. The highest BCUT2D eigenvalue weighted by atomic mass is 16.5. The highest BCUT2D eigenvalue weighted by molar-refractivity contribution is 5.87. The van der Waals surface area contributed by atoms with E-state index in [2.05, 4.69) is 16.1 Å². The van der Waals surface area contributed by atoms with Crippen molar-refractivity contribution in [3.8, 4) is 0 Å². The number of nitrogens with zero attached hydrogens (tertiary/aromatic N) is 1. The van der Waals surface area contributed by atoms with E-state index in [4.69, 9.17) is 4.74 Å². The molecule has 4 atom stereocenters. The average molecular weight is 617 g/mol. The number of benzene rings is 3. The number of alkyl carbamates (subject to hydrolysis) is 1. The highest BCUT2D eigenvalue weighted by Crippen LogP contribution is 2.32. The van der Waals surface area contributed by atoms with Gasteiger partial charge in [-0.15, -0.1) is 0 Å². The Hall–Kier alpha value is -4.25. The molecular weight excluding hydrogens is 572 g/mol. The van der Waals surface area contributed by atoms with Crippen LogP contribution in [0.4, 0.5) is 4.79 Å². The molecule has 0 radical (unpaired) electrons. The summed E-state index contributed by atoms with van der Waals surface area (Å²) < 4.78 is 4.75. The number of carbonyl (C=O) groups excluding carboxylic acids is 3. The molecule has 3 amide bonds. The first-order valence-corrected chi connectivity index (χ1v) is 15.2. The molecule has 1 aliphatic rings. The van der Waals surface area contributed by atoms with Crippen molar-refractivity contribution < 1.29 is 29.3 Å². The van der Waals surface area contributed by atoms with Crippen molar-refractivity contribution in [2.45, 2.75) is 70.4 Å². The lowest BCUT2D eigenvalue weighted by molar-refractivity contribution is -0.143. The number of hydrazine groups is 1. The lowest BCUT2D eigenvalue weighted by Gasteiger charge is -2.35. The Bertz CT molecular complexity index is 1450. The van der Waals surface area contributed by atoms with Gasteiger partial charge in [-0.25, -0.2) is 9.80 Å². The fourth-order valence-corrected chi connectivity index (χ4v) is 5.61. The van der Waals surface area contributed by atoms with Gasteiger partial charge in [-0.1, -0.05) is 106 Å². The number of carbonyl (C=O) groups is 3. The molecular formula is C35H44N4O6. The Balaban J connectivity index is 1.59. The summed E-state index contributed by atoms with van der Waals surface area (Å²) in [5, 5.41) is 30.0. The Kier molecular flexibility index (Phi) is 11.0. The molecule has 0 spiro atoms. The molecule has 0 aliphatic heterocycles. The van der Waals surface area contributed by atoms with Gasteiger partial charge in [0.15, 0.2) is 0 Å². The van der Waals surface area contributed by atoms with Crippen LogP contribution in [0.15, 0.2) is 84.9 Å². The second-order valence-corrected chi connectivity index (χ2v) is 12.7. The monoisotopic (exact) mass is 616 g/mol. The van der Waals surface area contributed by atoms with Crippen LogP contribution in [0.1, 0.15) is 55.5 Å². The summed E-state index contributed by atoms with van der Waals surface area (Å²) in [7, 11) is 1.23. The molecule has 1 aliphatic carbocycles. The van der Waals surface area contributed by atoms with Crippen molar-refractivity contribution >= 4 is 17.9 Å². The zero-order valence-electron chi connectivity index (χ0n) is 26.3. The van der Waals surface area contributed by atoms with Crippen LogP contribution in [0.5, 0.6) is 0 Å². The number of amides is 3. The van der Waals surface area contributed by atoms with Crippen molar-refractivity contribution in [3.05, 3.63) is 107 Å². The third-order valence-corrected chi connectivity index (χ3v) is 8.11. The van der Waals surface area contributed by atoms with Gasteiger partial charge in [0.1, 0.15) is 11.6 Å². The molecule has 240 valence electrons. The average Bonchev–Trinajstić information content (AvgIpc) is 3.33. The molecule has 3 aromatic rings. The van der Waals surface area contributed by atoms with Crippen molar-refractivity contribution in [1.29, 1.82) is 0 Å². The van der Waals surface area contributed by atoms with E-state index in [1.54, 1.807) is 5.01 Å². The number of methoxy groups -OCH3 is 1. The molecule has 0 saturated carbocycles. The number of hydrogen-bond donors (Lipinski definition) is 5. The number of nitrogens with one attached hydrogen (secondary N) is 3. The highest BCUT2D eigenvalue weighted by Gasteiger charge is 2.41. The van der Waals surface area contributed by atoms with Crippen molar-refractivity contribution in [1.82, 2.24) is 21.1 Å². The molecule has 3 aromatic carbocycles. The molecule has 0 bridgehead atoms. The van der Waals surface area contributed by atoms with Crippen LogP contribution < -0.4 is 16.1 Å². The molecule has 0 saturated heterocycles. The van der Waals surface area contributed by atoms with Crippen molar-refractivity contribution in [3.63, 3.8) is 0 Å². The molecule has 0 unspecified atom stereocenters. The van der Waals surface area contributed by atoms with Gasteiger partial charge >= 0.3 is 6.09 Å². The Morgan fingerprint density at radius 3 is 2.16 bits per heavy atom. The van der Waals surface area contributed by atoms with Gasteiger partial charge in [0.25, 0.3) is 11.8 Å². The number of aliphatic hydroxyl groups excluding tert-OH is 1. The summed E-state index contributed by atoms with van der Waals surface area (Å²) in [5.41, 5.74) is 3.81. The molecule has 0 fully saturated rings. The predicted octanol–water partition coefficient (Wildman–Crippen LogP) is 3.43. The lowest BCUT2D eigenvalue weighted by atomic mass is 9.86. The molecule has 5 N–H and O–H groups in total. The van der Waals surface area contributed by atoms with Gasteiger partial charge in [0, 0.05) is 32.4 Å². The fraction of sp³-hybridized carbons (Fsp3) is 0.400. The van der Waals surface area contributed by atoms with E-state index in [0.717, 1.165) is 22.3 Å². The molecule has 10 heteroatoms. The Morgan fingerprint density at radius 2 is 1.53 bits per heavy atom. The minimum Gasteiger partial charge on any atom is -0.453 e. The van der Waals surface area contributed by atoms with Crippen LogP contribution in [0.3, 0.4) is 0 Å². The zero-order chi connectivity index (χ0) is 32.6. The molecule has 0 heterocycles. The Morgan fingerprint density at radius 1 is 0.933 bits per heavy atom. The quantitative estimate of drug-likeness (QED) is 0.197. The van der Waals surface area contributed by atoms with E-state index >= 15 is 0 Å². The molecule has 4 rings (SSSR count). The first kappa shape index (κ1) is 33.6. The van der Waals surface area contributed by atoms with Crippen LogP contribution in [0.2, 0.25) is 0 Å². The van der Waals surface area contributed by atoms with E-state index in [0.29, 0.717) is 6.42 Å².